The van der Waals surface area contributed by atoms with Gasteiger partial charge in [0.15, 0.2) is 4.67 Å². The molecule has 22 heavy (non-hydrogen) atoms. The molecule has 0 aliphatic rings. The van der Waals surface area contributed by atoms with E-state index in [9.17, 15) is 8.94 Å². The van der Waals surface area contributed by atoms with Crippen LogP contribution in [0.25, 0.3) is 22.7 Å². The van der Waals surface area contributed by atoms with Crippen LogP contribution in [0.1, 0.15) is 0 Å². The molecule has 0 radical (unpaired) electrons. The third-order valence-electron chi connectivity index (χ3n) is 2.98. The summed E-state index contributed by atoms with van der Waals surface area (Å²) in [5, 5.41) is 0.502. The van der Waals surface area contributed by atoms with Gasteiger partial charge in [-0.05, 0) is 46.3 Å². The molecule has 4 nitrogen and oxygen atoms in total. The Bertz CT molecular complexity index is 788. The zero-order chi connectivity index (χ0) is 15.7. The first-order chi connectivity index (χ1) is 10.5. The third kappa shape index (κ3) is 3.06. The largest absolute Gasteiger partial charge is 0.610 e. The Morgan fingerprint density at radius 1 is 1.14 bits per heavy atom. The van der Waals surface area contributed by atoms with Gasteiger partial charge in [0.1, 0.15) is 17.8 Å². The molecule has 7 heteroatoms. The summed E-state index contributed by atoms with van der Waals surface area (Å²) in [4.78, 5) is 8.54. The van der Waals surface area contributed by atoms with Gasteiger partial charge in [0.25, 0.3) is 0 Å². The van der Waals surface area contributed by atoms with Gasteiger partial charge in [-0.25, -0.2) is 14.4 Å². The van der Waals surface area contributed by atoms with Crippen LogP contribution in [0.5, 0.6) is 0 Å². The van der Waals surface area contributed by atoms with E-state index in [0.717, 1.165) is 5.56 Å². The maximum atomic E-state index is 13.0. The Kier molecular flexibility index (Phi) is 4.28. The molecule has 2 heterocycles. The van der Waals surface area contributed by atoms with E-state index >= 15 is 0 Å². The summed E-state index contributed by atoms with van der Waals surface area (Å²) in [6.07, 6.45) is 3.16. The number of oxazole rings is 1. The summed E-state index contributed by atoms with van der Waals surface area (Å²) < 4.78 is 30.3. The molecule has 1 atom stereocenters. The van der Waals surface area contributed by atoms with Crippen LogP contribution in [-0.4, -0.2) is 20.8 Å². The lowest BCUT2D eigenvalue weighted by Crippen LogP contribution is -1.99. The molecule has 112 valence electrons. The minimum atomic E-state index is -1.13. The molecule has 0 fully saturated rings. The van der Waals surface area contributed by atoms with Gasteiger partial charge in [-0.15, -0.1) is 0 Å². The van der Waals surface area contributed by atoms with Gasteiger partial charge in [0.2, 0.25) is 10.9 Å². The molecule has 3 aromatic rings. The molecule has 0 amide bonds. The highest BCUT2D eigenvalue weighted by atomic mass is 79.9. The lowest BCUT2D eigenvalue weighted by atomic mass is 10.2. The topological polar surface area (TPSA) is 62.0 Å². The van der Waals surface area contributed by atoms with Crippen molar-refractivity contribution in [3.63, 3.8) is 0 Å². The highest BCUT2D eigenvalue weighted by Crippen LogP contribution is 2.32. The fraction of sp³-hybridized carbons (Fsp3) is 0.0667. The van der Waals surface area contributed by atoms with Crippen molar-refractivity contribution in [3.05, 3.63) is 53.1 Å². The van der Waals surface area contributed by atoms with Gasteiger partial charge in [-0.1, -0.05) is 0 Å². The molecule has 0 bridgehead atoms. The Hall–Kier alpha value is -1.70. The first-order valence-electron chi connectivity index (χ1n) is 6.26. The number of benzene rings is 1. The van der Waals surface area contributed by atoms with E-state index in [0.29, 0.717) is 26.8 Å². The second kappa shape index (κ2) is 6.20. The van der Waals surface area contributed by atoms with E-state index < -0.39 is 11.2 Å². The Labute approximate surface area is 137 Å². The van der Waals surface area contributed by atoms with E-state index in [2.05, 4.69) is 25.9 Å². The number of nitrogens with zero attached hydrogens (tertiary/aromatic N) is 2. The summed E-state index contributed by atoms with van der Waals surface area (Å²) in [7, 11) is 0. The van der Waals surface area contributed by atoms with Crippen molar-refractivity contribution >= 4 is 27.1 Å². The predicted octanol–water partition coefficient (Wildman–Crippen LogP) is 4.04. The van der Waals surface area contributed by atoms with Crippen LogP contribution in [0.3, 0.4) is 0 Å². The van der Waals surface area contributed by atoms with Crippen molar-refractivity contribution in [2.45, 2.75) is 5.03 Å². The Balaban J connectivity index is 1.96. The molecular formula is C15H10BrFN2O2S. The molecule has 0 N–H and O–H groups in total. The molecule has 3 rings (SSSR count). The van der Waals surface area contributed by atoms with Gasteiger partial charge in [-0.2, -0.15) is 0 Å². The molecule has 0 spiro atoms. The second-order valence-corrected chi connectivity index (χ2v) is 6.53. The van der Waals surface area contributed by atoms with Gasteiger partial charge < -0.3 is 8.97 Å². The lowest BCUT2D eigenvalue weighted by Gasteiger charge is -2.02. The highest BCUT2D eigenvalue weighted by molar-refractivity contribution is 9.10. The van der Waals surface area contributed by atoms with E-state index in [-0.39, 0.29) is 5.82 Å². The van der Waals surface area contributed by atoms with Crippen molar-refractivity contribution in [2.24, 2.45) is 0 Å². The first-order valence-corrected chi connectivity index (χ1v) is 8.62. The minimum Gasteiger partial charge on any atom is -0.610 e. The molecule has 1 aromatic carbocycles. The molecule has 0 aliphatic heterocycles. The van der Waals surface area contributed by atoms with Crippen LogP contribution < -0.4 is 0 Å². The quantitative estimate of drug-likeness (QED) is 0.643. The van der Waals surface area contributed by atoms with Crippen molar-refractivity contribution in [2.75, 3.05) is 6.26 Å². The number of rotatable bonds is 3. The van der Waals surface area contributed by atoms with Crippen LogP contribution in [0.4, 0.5) is 4.39 Å². The average Bonchev–Trinajstić information content (AvgIpc) is 2.90. The lowest BCUT2D eigenvalue weighted by molar-refractivity contribution is 0.549. The van der Waals surface area contributed by atoms with E-state index in [1.54, 1.807) is 36.7 Å². The fourth-order valence-electron chi connectivity index (χ4n) is 1.89. The summed E-state index contributed by atoms with van der Waals surface area (Å²) in [5.41, 5.74) is 1.99. The Morgan fingerprint density at radius 3 is 2.41 bits per heavy atom. The highest BCUT2D eigenvalue weighted by Gasteiger charge is 2.16. The van der Waals surface area contributed by atoms with Gasteiger partial charge in [0, 0.05) is 34.6 Å². The van der Waals surface area contributed by atoms with Crippen LogP contribution in [0.15, 0.2) is 56.7 Å². The summed E-state index contributed by atoms with van der Waals surface area (Å²) >= 11 is 2.19. The fourth-order valence-corrected chi connectivity index (χ4v) is 2.82. The summed E-state index contributed by atoms with van der Waals surface area (Å²) in [6.45, 7) is 0. The van der Waals surface area contributed by atoms with E-state index in [1.165, 1.54) is 12.1 Å². The number of pyridine rings is 1. The van der Waals surface area contributed by atoms with Gasteiger partial charge in [0.05, 0.1) is 0 Å². The third-order valence-corrected chi connectivity index (χ3v) is 4.35. The first kappa shape index (κ1) is 15.2. The normalized spacial score (nSPS) is 12.4. The maximum Gasteiger partial charge on any atom is 0.244 e. The average molecular weight is 381 g/mol. The number of aromatic nitrogens is 2. The molecule has 0 saturated carbocycles. The van der Waals surface area contributed by atoms with Crippen LogP contribution in [0.2, 0.25) is 0 Å². The van der Waals surface area contributed by atoms with Crippen molar-refractivity contribution < 1.29 is 13.4 Å². The summed E-state index contributed by atoms with van der Waals surface area (Å²) in [6, 6.07) is 9.35. The van der Waals surface area contributed by atoms with Crippen LogP contribution >= 0.6 is 15.9 Å². The van der Waals surface area contributed by atoms with Gasteiger partial charge in [-0.3, -0.25) is 0 Å². The molecule has 0 saturated heterocycles. The van der Waals surface area contributed by atoms with E-state index in [4.69, 9.17) is 4.42 Å². The van der Waals surface area contributed by atoms with Crippen molar-refractivity contribution in [1.82, 2.24) is 9.97 Å². The smallest absolute Gasteiger partial charge is 0.244 e. The van der Waals surface area contributed by atoms with Crippen molar-refractivity contribution in [1.29, 1.82) is 0 Å². The van der Waals surface area contributed by atoms with Gasteiger partial charge >= 0.3 is 0 Å². The minimum absolute atomic E-state index is 0.318. The summed E-state index contributed by atoms with van der Waals surface area (Å²) in [5.74, 6) is 0.0620. The number of hydrogen-bond donors (Lipinski definition) is 0. The number of hydrogen-bond acceptors (Lipinski definition) is 4. The number of halogens is 2. The monoisotopic (exact) mass is 380 g/mol. The SMILES string of the molecule is C[S@@+]([O-])c1ccc(-c2nc(-c3ccc(F)cc3)oc2Br)cn1. The zero-order valence-corrected chi connectivity index (χ0v) is 13.8. The maximum absolute atomic E-state index is 13.0. The molecular weight excluding hydrogens is 371 g/mol. The van der Waals surface area contributed by atoms with Crippen LogP contribution in [0, 0.1) is 5.82 Å². The van der Waals surface area contributed by atoms with E-state index in [1.807, 2.05) is 0 Å². The molecule has 2 aromatic heterocycles. The predicted molar refractivity (Wildman–Crippen MR) is 85.2 cm³/mol. The molecule has 0 unspecified atom stereocenters. The second-order valence-electron chi connectivity index (χ2n) is 4.49. The van der Waals surface area contributed by atoms with Crippen LogP contribution in [-0.2, 0) is 11.2 Å². The Morgan fingerprint density at radius 2 is 1.82 bits per heavy atom. The zero-order valence-electron chi connectivity index (χ0n) is 11.4. The standard InChI is InChI=1S/C15H10BrFN2O2S/c1-22(20)12-7-4-10(8-18-12)13-14(16)21-15(19-13)9-2-5-11(17)6-3-9/h2-8H,1H3/t22-/m1/s1. The molecule has 0 aliphatic carbocycles. The van der Waals surface area contributed by atoms with Crippen molar-refractivity contribution in [3.8, 4) is 22.7 Å².